The third-order valence-corrected chi connectivity index (χ3v) is 7.87. The van der Waals surface area contributed by atoms with Gasteiger partial charge in [-0.15, -0.1) is 0 Å². The number of fused-ring (bicyclic) bond motifs is 1. The van der Waals surface area contributed by atoms with Crippen molar-refractivity contribution in [2.45, 2.75) is 43.7 Å². The van der Waals surface area contributed by atoms with Crippen LogP contribution in [0.1, 0.15) is 30.6 Å². The molecule has 1 fully saturated rings. The van der Waals surface area contributed by atoms with E-state index in [1.54, 1.807) is 18.2 Å². The summed E-state index contributed by atoms with van der Waals surface area (Å²) in [6.07, 6.45) is 3.79. The van der Waals surface area contributed by atoms with E-state index in [9.17, 15) is 23.3 Å². The lowest BCUT2D eigenvalue weighted by molar-refractivity contribution is -0.136. The fourth-order valence-corrected chi connectivity index (χ4v) is 5.12. The first-order valence-electron chi connectivity index (χ1n) is 12.8. The lowest BCUT2D eigenvalue weighted by Gasteiger charge is -2.22. The standard InChI is InChI=1S/C27H31N7O5S/c1-18-13-20-14-21(8-11-24(20)39-18)32-27(31-17-28)33-23-5-3-4-12-34(26(23)36)16-25(35)30-15-19-6-9-22(10-7-19)40(37,38)29-2/h6-11,13-14,23,29H,3-5,12,15-16H2,1-2H3,(H,30,35)(H2,31,32,33)/t23-/m0/s1. The van der Waals surface area contributed by atoms with E-state index in [1.807, 2.05) is 31.3 Å². The maximum atomic E-state index is 13.3. The topological polar surface area (TPSA) is 169 Å². The van der Waals surface area contributed by atoms with Gasteiger partial charge >= 0.3 is 0 Å². The number of likely N-dealkylation sites (tertiary alicyclic amines) is 1. The summed E-state index contributed by atoms with van der Waals surface area (Å²) >= 11 is 0. The number of carbonyl (C=O) groups is 2. The SMILES string of the molecule is CNS(=O)(=O)c1ccc(CNC(=O)CN2CCCC[C@H](N=C(NC#N)Nc3ccc4oc(C)cc4c3)C2=O)cc1. The summed E-state index contributed by atoms with van der Waals surface area (Å²) in [5, 5.41) is 18.5. The molecule has 13 heteroatoms. The van der Waals surface area contributed by atoms with Crippen LogP contribution in [0.2, 0.25) is 0 Å². The molecule has 2 amide bonds. The fraction of sp³-hybridized carbons (Fsp3) is 0.333. The second-order valence-electron chi connectivity index (χ2n) is 9.35. The Balaban J connectivity index is 1.39. The smallest absolute Gasteiger partial charge is 0.247 e. The number of aryl methyl sites for hydroxylation is 1. The van der Waals surface area contributed by atoms with Crippen molar-refractivity contribution < 1.29 is 22.4 Å². The van der Waals surface area contributed by atoms with Crippen LogP contribution in [0.3, 0.4) is 0 Å². The molecule has 210 valence electrons. The molecule has 40 heavy (non-hydrogen) atoms. The van der Waals surface area contributed by atoms with Crippen molar-refractivity contribution >= 4 is 44.5 Å². The van der Waals surface area contributed by atoms with Crippen LogP contribution in [-0.4, -0.2) is 57.3 Å². The minimum Gasteiger partial charge on any atom is -0.461 e. The van der Waals surface area contributed by atoms with Gasteiger partial charge in [0.15, 0.2) is 6.19 Å². The van der Waals surface area contributed by atoms with Gasteiger partial charge in [-0.3, -0.25) is 14.9 Å². The molecule has 1 aliphatic rings. The number of aliphatic imine (C=N–C) groups is 1. The Morgan fingerprint density at radius 3 is 2.67 bits per heavy atom. The molecule has 2 heterocycles. The van der Waals surface area contributed by atoms with E-state index >= 15 is 0 Å². The molecule has 0 unspecified atom stereocenters. The Hall–Kier alpha value is -4.41. The largest absolute Gasteiger partial charge is 0.461 e. The van der Waals surface area contributed by atoms with Crippen molar-refractivity contribution in [3.05, 3.63) is 59.9 Å². The zero-order valence-electron chi connectivity index (χ0n) is 22.2. The summed E-state index contributed by atoms with van der Waals surface area (Å²) in [7, 11) is -2.20. The molecule has 1 aliphatic heterocycles. The molecule has 1 saturated heterocycles. The first kappa shape index (κ1) is 28.6. The maximum absolute atomic E-state index is 13.3. The van der Waals surface area contributed by atoms with Crippen LogP contribution >= 0.6 is 0 Å². The van der Waals surface area contributed by atoms with E-state index in [-0.39, 0.29) is 35.8 Å². The van der Waals surface area contributed by atoms with E-state index in [2.05, 4.69) is 25.7 Å². The third-order valence-electron chi connectivity index (χ3n) is 6.44. The van der Waals surface area contributed by atoms with Crippen LogP contribution in [0.25, 0.3) is 11.0 Å². The number of nitrogens with zero attached hydrogens (tertiary/aromatic N) is 3. The highest BCUT2D eigenvalue weighted by Gasteiger charge is 2.28. The number of furan rings is 1. The number of sulfonamides is 1. The Labute approximate surface area is 232 Å². The summed E-state index contributed by atoms with van der Waals surface area (Å²) < 4.78 is 31.6. The molecular weight excluding hydrogens is 534 g/mol. The van der Waals surface area contributed by atoms with E-state index in [0.29, 0.717) is 18.7 Å². The zero-order valence-corrected chi connectivity index (χ0v) is 23.0. The van der Waals surface area contributed by atoms with Crippen LogP contribution < -0.4 is 20.7 Å². The van der Waals surface area contributed by atoms with Crippen molar-refractivity contribution in [2.24, 2.45) is 4.99 Å². The van der Waals surface area contributed by atoms with E-state index < -0.39 is 16.1 Å². The van der Waals surface area contributed by atoms with Crippen LogP contribution in [0.4, 0.5) is 5.69 Å². The molecule has 4 rings (SSSR count). The van der Waals surface area contributed by atoms with Crippen LogP contribution in [0.5, 0.6) is 0 Å². The molecule has 4 N–H and O–H groups in total. The van der Waals surface area contributed by atoms with Gasteiger partial charge in [-0.2, -0.15) is 5.26 Å². The normalized spacial score (nSPS) is 16.3. The average molecular weight is 566 g/mol. The molecule has 1 aromatic heterocycles. The van der Waals surface area contributed by atoms with Gasteiger partial charge in [-0.05, 0) is 75.2 Å². The number of benzene rings is 2. The average Bonchev–Trinajstić information content (AvgIpc) is 3.23. The van der Waals surface area contributed by atoms with Gasteiger partial charge in [0.1, 0.15) is 17.4 Å². The zero-order chi connectivity index (χ0) is 28.7. The number of rotatable bonds is 8. The minimum absolute atomic E-state index is 0.128. The van der Waals surface area contributed by atoms with Crippen molar-refractivity contribution in [2.75, 3.05) is 25.5 Å². The first-order chi connectivity index (χ1) is 19.2. The number of nitriles is 1. The molecule has 0 bridgehead atoms. The predicted molar refractivity (Wildman–Crippen MR) is 150 cm³/mol. The Morgan fingerprint density at radius 1 is 1.18 bits per heavy atom. The number of nitrogens with one attached hydrogen (secondary N) is 4. The highest BCUT2D eigenvalue weighted by molar-refractivity contribution is 7.89. The highest BCUT2D eigenvalue weighted by Crippen LogP contribution is 2.23. The summed E-state index contributed by atoms with van der Waals surface area (Å²) in [5.41, 5.74) is 2.13. The fourth-order valence-electron chi connectivity index (χ4n) is 4.39. The first-order valence-corrected chi connectivity index (χ1v) is 14.2. The monoisotopic (exact) mass is 565 g/mol. The van der Waals surface area contributed by atoms with Gasteiger partial charge in [-0.25, -0.2) is 18.1 Å². The van der Waals surface area contributed by atoms with Gasteiger partial charge in [0.05, 0.1) is 11.4 Å². The van der Waals surface area contributed by atoms with Crippen LogP contribution in [0.15, 0.2) is 62.8 Å². The molecular formula is C27H31N7O5S. The molecule has 0 radical (unpaired) electrons. The summed E-state index contributed by atoms with van der Waals surface area (Å²) in [6.45, 7) is 2.32. The molecule has 2 aromatic carbocycles. The second-order valence-corrected chi connectivity index (χ2v) is 11.2. The van der Waals surface area contributed by atoms with Crippen molar-refractivity contribution in [1.29, 1.82) is 5.26 Å². The van der Waals surface area contributed by atoms with Gasteiger partial charge in [0.25, 0.3) is 0 Å². The molecule has 0 spiro atoms. The molecule has 0 aliphatic carbocycles. The quantitative estimate of drug-likeness (QED) is 0.139. The Kier molecular flexibility index (Phi) is 9.03. The molecule has 1 atom stereocenters. The predicted octanol–water partition coefficient (Wildman–Crippen LogP) is 2.19. The molecule has 12 nitrogen and oxygen atoms in total. The summed E-state index contributed by atoms with van der Waals surface area (Å²) in [4.78, 5) is 32.1. The number of amides is 2. The summed E-state index contributed by atoms with van der Waals surface area (Å²) in [5.74, 6) is 0.272. The van der Waals surface area contributed by atoms with Gasteiger partial charge in [0, 0.05) is 24.2 Å². The van der Waals surface area contributed by atoms with Gasteiger partial charge in [-0.1, -0.05) is 12.1 Å². The molecule has 3 aromatic rings. The van der Waals surface area contributed by atoms with Crippen molar-refractivity contribution in [3.63, 3.8) is 0 Å². The minimum atomic E-state index is -3.54. The van der Waals surface area contributed by atoms with E-state index in [1.165, 1.54) is 24.1 Å². The van der Waals surface area contributed by atoms with Crippen LogP contribution in [0, 0.1) is 18.4 Å². The van der Waals surface area contributed by atoms with Crippen molar-refractivity contribution in [1.82, 2.24) is 20.3 Å². The van der Waals surface area contributed by atoms with E-state index in [0.717, 1.165) is 35.1 Å². The number of guanidine groups is 1. The Morgan fingerprint density at radius 2 is 1.95 bits per heavy atom. The number of hydrogen-bond acceptors (Lipinski definition) is 7. The maximum Gasteiger partial charge on any atom is 0.247 e. The number of anilines is 1. The lowest BCUT2D eigenvalue weighted by atomic mass is 10.1. The third kappa shape index (κ3) is 7.16. The highest BCUT2D eigenvalue weighted by atomic mass is 32.2. The van der Waals surface area contributed by atoms with Gasteiger partial charge in [0.2, 0.25) is 27.8 Å². The molecule has 0 saturated carbocycles. The van der Waals surface area contributed by atoms with Crippen LogP contribution in [-0.2, 0) is 26.2 Å². The van der Waals surface area contributed by atoms with E-state index in [4.69, 9.17) is 4.42 Å². The number of hydrogen-bond donors (Lipinski definition) is 4. The Bertz CT molecular complexity index is 1560. The lowest BCUT2D eigenvalue weighted by Crippen LogP contribution is -2.44. The summed E-state index contributed by atoms with van der Waals surface area (Å²) in [6, 6.07) is 12.8. The second kappa shape index (κ2) is 12.6. The number of carbonyl (C=O) groups excluding carboxylic acids is 2. The van der Waals surface area contributed by atoms with Crippen molar-refractivity contribution in [3.8, 4) is 6.19 Å². The van der Waals surface area contributed by atoms with Gasteiger partial charge < -0.3 is 20.0 Å².